The summed E-state index contributed by atoms with van der Waals surface area (Å²) >= 11 is 0. The number of alkyl halides is 3. The molecule has 3 nitrogen and oxygen atoms in total. The highest BCUT2D eigenvalue weighted by molar-refractivity contribution is 5.71. The highest BCUT2D eigenvalue weighted by Gasteiger charge is 2.44. The van der Waals surface area contributed by atoms with E-state index in [1.54, 1.807) is 13.8 Å². The second-order valence-corrected chi connectivity index (χ2v) is 3.00. The fraction of sp³-hybridized carbons (Fsp3) is 0.857. The van der Waals surface area contributed by atoms with Crippen LogP contribution in [0.4, 0.5) is 13.2 Å². The summed E-state index contributed by atoms with van der Waals surface area (Å²) in [5.74, 6) is -4.17. The molecule has 78 valence electrons. The summed E-state index contributed by atoms with van der Waals surface area (Å²) in [6.07, 6.45) is -4.69. The van der Waals surface area contributed by atoms with E-state index in [1.807, 2.05) is 0 Å². The Bertz CT molecular complexity index is 179. The van der Waals surface area contributed by atoms with Gasteiger partial charge in [0.2, 0.25) is 0 Å². The van der Waals surface area contributed by atoms with Crippen LogP contribution in [0.15, 0.2) is 0 Å². The number of carboxylic acid groups (broad SMARTS) is 1. The zero-order valence-corrected chi connectivity index (χ0v) is 7.35. The first kappa shape index (κ1) is 12.2. The lowest BCUT2D eigenvalue weighted by Crippen LogP contribution is -2.41. The summed E-state index contributed by atoms with van der Waals surface area (Å²) < 4.78 is 36.0. The Kier molecular flexibility index (Phi) is 4.19. The molecule has 0 radical (unpaired) electrons. The fourth-order valence-electron chi connectivity index (χ4n) is 0.697. The van der Waals surface area contributed by atoms with Gasteiger partial charge in [-0.05, 0) is 0 Å². The highest BCUT2D eigenvalue weighted by atomic mass is 19.4. The van der Waals surface area contributed by atoms with Crippen molar-refractivity contribution >= 4 is 5.97 Å². The van der Waals surface area contributed by atoms with Gasteiger partial charge in [-0.1, -0.05) is 13.8 Å². The number of hydrogen-bond acceptors (Lipinski definition) is 2. The SMILES string of the molecule is CC(C)NCC(C(=O)O)C(F)(F)F. The van der Waals surface area contributed by atoms with E-state index in [0.29, 0.717) is 0 Å². The highest BCUT2D eigenvalue weighted by Crippen LogP contribution is 2.25. The summed E-state index contributed by atoms with van der Waals surface area (Å²) in [6, 6.07) is -0.163. The van der Waals surface area contributed by atoms with Gasteiger partial charge in [-0.25, -0.2) is 0 Å². The van der Waals surface area contributed by atoms with Crippen molar-refractivity contribution in [2.45, 2.75) is 26.1 Å². The first-order valence-corrected chi connectivity index (χ1v) is 3.78. The second-order valence-electron chi connectivity index (χ2n) is 3.00. The fourth-order valence-corrected chi connectivity index (χ4v) is 0.697. The van der Waals surface area contributed by atoms with Crippen molar-refractivity contribution in [1.82, 2.24) is 5.32 Å². The summed E-state index contributed by atoms with van der Waals surface area (Å²) in [5, 5.41) is 10.7. The molecule has 13 heavy (non-hydrogen) atoms. The van der Waals surface area contributed by atoms with Crippen LogP contribution in [-0.4, -0.2) is 29.8 Å². The van der Waals surface area contributed by atoms with Crippen molar-refractivity contribution in [3.05, 3.63) is 0 Å². The van der Waals surface area contributed by atoms with Gasteiger partial charge in [0, 0.05) is 12.6 Å². The lowest BCUT2D eigenvalue weighted by molar-refractivity contribution is -0.192. The minimum Gasteiger partial charge on any atom is -0.481 e. The topological polar surface area (TPSA) is 49.3 Å². The zero-order valence-electron chi connectivity index (χ0n) is 7.35. The van der Waals surface area contributed by atoms with Gasteiger partial charge in [-0.15, -0.1) is 0 Å². The molecule has 1 atom stereocenters. The second kappa shape index (κ2) is 4.45. The predicted octanol–water partition coefficient (Wildman–Crippen LogP) is 1.25. The van der Waals surface area contributed by atoms with Gasteiger partial charge >= 0.3 is 12.1 Å². The Hall–Kier alpha value is -0.780. The summed E-state index contributed by atoms with van der Waals surface area (Å²) in [6.45, 7) is 2.71. The summed E-state index contributed by atoms with van der Waals surface area (Å²) in [7, 11) is 0. The molecule has 1 unspecified atom stereocenters. The standard InChI is InChI=1S/C7H12F3NO2/c1-4(2)11-3-5(6(12)13)7(8,9)10/h4-5,11H,3H2,1-2H3,(H,12,13). The molecule has 0 aromatic rings. The van der Waals surface area contributed by atoms with E-state index >= 15 is 0 Å². The van der Waals surface area contributed by atoms with Crippen molar-refractivity contribution in [1.29, 1.82) is 0 Å². The van der Waals surface area contributed by atoms with E-state index in [2.05, 4.69) is 5.32 Å². The molecular formula is C7H12F3NO2. The Morgan fingerprint density at radius 1 is 1.46 bits per heavy atom. The van der Waals surface area contributed by atoms with E-state index in [9.17, 15) is 18.0 Å². The average Bonchev–Trinajstić information content (AvgIpc) is 1.81. The largest absolute Gasteiger partial charge is 0.481 e. The molecule has 0 fully saturated rings. The summed E-state index contributed by atoms with van der Waals surface area (Å²) in [4.78, 5) is 10.2. The van der Waals surface area contributed by atoms with Crippen LogP contribution in [-0.2, 0) is 4.79 Å². The number of carbonyl (C=O) groups is 1. The van der Waals surface area contributed by atoms with Crippen molar-refractivity contribution in [3.63, 3.8) is 0 Å². The minimum absolute atomic E-state index is 0.163. The van der Waals surface area contributed by atoms with E-state index in [4.69, 9.17) is 5.11 Å². The van der Waals surface area contributed by atoms with Gasteiger partial charge in [0.15, 0.2) is 5.92 Å². The number of aliphatic carboxylic acids is 1. The van der Waals surface area contributed by atoms with Crippen LogP contribution >= 0.6 is 0 Å². The molecule has 0 aliphatic rings. The monoisotopic (exact) mass is 199 g/mol. The smallest absolute Gasteiger partial charge is 0.403 e. The van der Waals surface area contributed by atoms with Crippen molar-refractivity contribution in [2.75, 3.05) is 6.54 Å². The Morgan fingerprint density at radius 3 is 2.15 bits per heavy atom. The maximum absolute atomic E-state index is 12.0. The van der Waals surface area contributed by atoms with Crippen LogP contribution < -0.4 is 5.32 Å². The number of hydrogen-bond donors (Lipinski definition) is 2. The van der Waals surface area contributed by atoms with Crippen LogP contribution in [0.1, 0.15) is 13.8 Å². The molecule has 6 heteroatoms. The Labute approximate surface area is 73.9 Å². The van der Waals surface area contributed by atoms with Gasteiger partial charge in [-0.3, -0.25) is 4.79 Å². The normalized spacial score (nSPS) is 14.6. The first-order chi connectivity index (χ1) is 5.75. The van der Waals surface area contributed by atoms with E-state index < -0.39 is 24.6 Å². The molecule has 0 rings (SSSR count). The maximum atomic E-state index is 12.0. The van der Waals surface area contributed by atoms with Crippen LogP contribution in [0.25, 0.3) is 0 Å². The maximum Gasteiger partial charge on any atom is 0.403 e. The zero-order chi connectivity index (χ0) is 10.6. The van der Waals surface area contributed by atoms with Gasteiger partial charge in [0.1, 0.15) is 0 Å². The molecule has 2 N–H and O–H groups in total. The average molecular weight is 199 g/mol. The lowest BCUT2D eigenvalue weighted by atomic mass is 10.1. The lowest BCUT2D eigenvalue weighted by Gasteiger charge is -2.17. The molecule has 0 aliphatic heterocycles. The van der Waals surface area contributed by atoms with Gasteiger partial charge in [-0.2, -0.15) is 13.2 Å². The molecule has 0 bridgehead atoms. The van der Waals surface area contributed by atoms with Crippen molar-refractivity contribution in [3.8, 4) is 0 Å². The van der Waals surface area contributed by atoms with Gasteiger partial charge < -0.3 is 10.4 Å². The third-order valence-corrected chi connectivity index (χ3v) is 1.42. The van der Waals surface area contributed by atoms with Crippen LogP contribution in [0.5, 0.6) is 0 Å². The molecule has 0 heterocycles. The molecule has 0 aromatic carbocycles. The Balaban J connectivity index is 4.20. The van der Waals surface area contributed by atoms with Crippen molar-refractivity contribution in [2.24, 2.45) is 5.92 Å². The third-order valence-electron chi connectivity index (χ3n) is 1.42. The van der Waals surface area contributed by atoms with Crippen molar-refractivity contribution < 1.29 is 23.1 Å². The molecule has 0 spiro atoms. The molecule has 0 aromatic heterocycles. The summed E-state index contributed by atoms with van der Waals surface area (Å²) in [5.41, 5.74) is 0. The van der Waals surface area contributed by atoms with Gasteiger partial charge in [0.25, 0.3) is 0 Å². The quantitative estimate of drug-likeness (QED) is 0.716. The molecular weight excluding hydrogens is 187 g/mol. The Morgan fingerprint density at radius 2 is 1.92 bits per heavy atom. The first-order valence-electron chi connectivity index (χ1n) is 3.78. The molecule has 0 aliphatic carbocycles. The predicted molar refractivity (Wildman–Crippen MR) is 40.3 cm³/mol. The third kappa shape index (κ3) is 4.72. The van der Waals surface area contributed by atoms with Crippen LogP contribution in [0, 0.1) is 5.92 Å². The van der Waals surface area contributed by atoms with E-state index in [-0.39, 0.29) is 6.04 Å². The molecule has 0 amide bonds. The van der Waals surface area contributed by atoms with Crippen LogP contribution in [0.3, 0.4) is 0 Å². The number of halogens is 3. The molecule has 0 saturated heterocycles. The molecule has 0 saturated carbocycles. The van der Waals surface area contributed by atoms with E-state index in [1.165, 1.54) is 0 Å². The van der Waals surface area contributed by atoms with E-state index in [0.717, 1.165) is 0 Å². The van der Waals surface area contributed by atoms with Crippen LogP contribution in [0.2, 0.25) is 0 Å². The minimum atomic E-state index is -4.69. The van der Waals surface area contributed by atoms with Gasteiger partial charge in [0.05, 0.1) is 0 Å². The number of rotatable bonds is 4. The number of carboxylic acids is 1. The number of nitrogens with one attached hydrogen (secondary N) is 1.